The Morgan fingerprint density at radius 1 is 0.733 bits per heavy atom. The zero-order chi connectivity index (χ0) is 32.3. The van der Waals surface area contributed by atoms with Gasteiger partial charge in [0.15, 0.2) is 23.7 Å². The molecule has 4 aromatic carbocycles. The van der Waals surface area contributed by atoms with E-state index in [0.717, 1.165) is 43.2 Å². The van der Waals surface area contributed by atoms with E-state index in [-0.39, 0.29) is 41.4 Å². The molecular formula is C34H26F8O3. The maximum atomic E-state index is 15.0. The molecule has 4 aromatic rings. The fraction of sp³-hybridized carbons (Fsp3) is 0.235. The molecule has 1 aliphatic rings. The number of alkyl halides is 2. The van der Waals surface area contributed by atoms with Gasteiger partial charge in [-0.3, -0.25) is 0 Å². The van der Waals surface area contributed by atoms with E-state index < -0.39 is 58.6 Å². The second-order valence-electron chi connectivity index (χ2n) is 10.5. The summed E-state index contributed by atoms with van der Waals surface area (Å²) in [4.78, 5) is 0. The Bertz CT molecular complexity index is 1650. The Kier molecular flexibility index (Phi) is 9.59. The van der Waals surface area contributed by atoms with E-state index in [1.807, 2.05) is 19.1 Å². The first-order chi connectivity index (χ1) is 21.5. The van der Waals surface area contributed by atoms with Crippen LogP contribution in [0.3, 0.4) is 0 Å². The van der Waals surface area contributed by atoms with E-state index in [0.29, 0.717) is 17.7 Å². The second kappa shape index (κ2) is 13.4. The summed E-state index contributed by atoms with van der Waals surface area (Å²) in [7, 11) is 0. The summed E-state index contributed by atoms with van der Waals surface area (Å²) in [6.07, 6.45) is 0.0277. The smallest absolute Gasteiger partial charge is 0.429 e. The van der Waals surface area contributed by atoms with Crippen molar-refractivity contribution in [3.63, 3.8) is 0 Å². The third kappa shape index (κ3) is 7.20. The number of halogens is 8. The molecule has 0 amide bonds. The Morgan fingerprint density at radius 3 is 1.89 bits per heavy atom. The average Bonchev–Trinajstić information content (AvgIpc) is 2.99. The molecule has 0 bridgehead atoms. The van der Waals surface area contributed by atoms with Crippen LogP contribution in [-0.2, 0) is 15.6 Å². The van der Waals surface area contributed by atoms with Crippen molar-refractivity contribution in [3.8, 4) is 28.0 Å². The van der Waals surface area contributed by atoms with Crippen LogP contribution in [0.4, 0.5) is 35.1 Å². The SMILES string of the molecule is C/C=C/CCC1COC(c2cc(F)c(C(F)(F)Oc3ccc(-c4ccc(-c5cc(F)c(F)c(F)c5)c(F)c4)cc3)c(F)c2)OC1. The van der Waals surface area contributed by atoms with Gasteiger partial charge in [-0.05, 0) is 78.9 Å². The van der Waals surface area contributed by atoms with Crippen LogP contribution in [0.25, 0.3) is 22.3 Å². The van der Waals surface area contributed by atoms with E-state index in [4.69, 9.17) is 9.47 Å². The van der Waals surface area contributed by atoms with Crippen molar-refractivity contribution >= 4 is 0 Å². The zero-order valence-electron chi connectivity index (χ0n) is 23.7. The van der Waals surface area contributed by atoms with Crippen molar-refractivity contribution < 1.29 is 49.3 Å². The van der Waals surface area contributed by atoms with E-state index in [1.54, 1.807) is 0 Å². The molecule has 0 saturated carbocycles. The molecule has 5 rings (SSSR count). The van der Waals surface area contributed by atoms with Crippen LogP contribution in [0.2, 0.25) is 0 Å². The molecule has 45 heavy (non-hydrogen) atoms. The molecule has 0 aliphatic carbocycles. The van der Waals surface area contributed by atoms with E-state index >= 15 is 8.78 Å². The normalized spacial score (nSPS) is 17.2. The lowest BCUT2D eigenvalue weighted by molar-refractivity contribution is -0.206. The van der Waals surface area contributed by atoms with Crippen LogP contribution in [0.1, 0.15) is 37.2 Å². The highest BCUT2D eigenvalue weighted by molar-refractivity contribution is 5.71. The Morgan fingerprint density at radius 2 is 1.31 bits per heavy atom. The molecule has 1 aliphatic heterocycles. The first kappa shape index (κ1) is 32.2. The average molecular weight is 635 g/mol. The van der Waals surface area contributed by atoms with Gasteiger partial charge in [0, 0.05) is 17.0 Å². The predicted octanol–water partition coefficient (Wildman–Crippen LogP) is 10.0. The molecule has 236 valence electrons. The molecule has 1 saturated heterocycles. The summed E-state index contributed by atoms with van der Waals surface area (Å²) in [5, 5.41) is 0. The first-order valence-corrected chi connectivity index (χ1v) is 13.9. The highest BCUT2D eigenvalue weighted by atomic mass is 19.3. The van der Waals surface area contributed by atoms with Gasteiger partial charge >= 0.3 is 6.11 Å². The van der Waals surface area contributed by atoms with Gasteiger partial charge in [0.1, 0.15) is 28.8 Å². The Hall–Kier alpha value is -4.22. The van der Waals surface area contributed by atoms with Gasteiger partial charge in [-0.2, -0.15) is 8.78 Å². The molecule has 0 radical (unpaired) electrons. The van der Waals surface area contributed by atoms with Gasteiger partial charge in [0.25, 0.3) is 0 Å². The van der Waals surface area contributed by atoms with Gasteiger partial charge in [-0.15, -0.1) is 0 Å². The highest BCUT2D eigenvalue weighted by Crippen LogP contribution is 2.38. The summed E-state index contributed by atoms with van der Waals surface area (Å²) < 4.78 is 131. The van der Waals surface area contributed by atoms with E-state index in [2.05, 4.69) is 4.74 Å². The van der Waals surface area contributed by atoms with Gasteiger partial charge in [0.05, 0.1) is 13.2 Å². The van der Waals surface area contributed by atoms with E-state index in [1.165, 1.54) is 24.3 Å². The fourth-order valence-electron chi connectivity index (χ4n) is 4.96. The van der Waals surface area contributed by atoms with Gasteiger partial charge in [-0.1, -0.05) is 36.4 Å². The standard InChI is InChI=1S/C34H26F8O3/c1-2-3-4-5-19-17-43-33(44-18-19)23-15-27(36)31(28(37)16-23)34(41,42)45-24-9-6-20(7-10-24)21-8-11-25(26(35)12-21)22-13-29(38)32(40)30(39)14-22/h2-3,6-16,19,33H,4-5,17-18H2,1H3/b3-2+. The van der Waals surface area contributed by atoms with Crippen molar-refractivity contribution in [1.82, 2.24) is 0 Å². The van der Waals surface area contributed by atoms with Gasteiger partial charge in [-0.25, -0.2) is 26.3 Å². The number of rotatable bonds is 9. The van der Waals surface area contributed by atoms with Crippen LogP contribution in [-0.4, -0.2) is 13.2 Å². The lowest BCUT2D eigenvalue weighted by Crippen LogP contribution is -2.28. The number of allylic oxidation sites excluding steroid dienone is 2. The van der Waals surface area contributed by atoms with Crippen LogP contribution < -0.4 is 4.74 Å². The van der Waals surface area contributed by atoms with Crippen molar-refractivity contribution in [2.24, 2.45) is 5.92 Å². The third-order valence-electron chi connectivity index (χ3n) is 7.27. The monoisotopic (exact) mass is 634 g/mol. The molecule has 0 N–H and O–H groups in total. The lowest BCUT2D eigenvalue weighted by atomic mass is 9.99. The summed E-state index contributed by atoms with van der Waals surface area (Å²) >= 11 is 0. The molecule has 11 heteroatoms. The predicted molar refractivity (Wildman–Crippen MR) is 150 cm³/mol. The Balaban J connectivity index is 1.27. The second-order valence-corrected chi connectivity index (χ2v) is 10.5. The molecule has 0 atom stereocenters. The number of ether oxygens (including phenoxy) is 3. The van der Waals surface area contributed by atoms with Crippen molar-refractivity contribution in [1.29, 1.82) is 0 Å². The van der Waals surface area contributed by atoms with Crippen LogP contribution in [0.15, 0.2) is 78.9 Å². The largest absolute Gasteiger partial charge is 0.432 e. The molecule has 3 nitrogen and oxygen atoms in total. The van der Waals surface area contributed by atoms with Crippen molar-refractivity contribution in [3.05, 3.63) is 125 Å². The van der Waals surface area contributed by atoms with Crippen molar-refractivity contribution in [2.45, 2.75) is 32.2 Å². The molecular weight excluding hydrogens is 608 g/mol. The van der Waals surface area contributed by atoms with Crippen LogP contribution >= 0.6 is 0 Å². The quantitative estimate of drug-likeness (QED) is 0.104. The van der Waals surface area contributed by atoms with Crippen LogP contribution in [0.5, 0.6) is 5.75 Å². The zero-order valence-corrected chi connectivity index (χ0v) is 23.7. The maximum absolute atomic E-state index is 15.0. The summed E-state index contributed by atoms with van der Waals surface area (Å²) in [6, 6.07) is 11.2. The minimum atomic E-state index is -4.41. The summed E-state index contributed by atoms with van der Waals surface area (Å²) in [5.41, 5.74) is -1.50. The topological polar surface area (TPSA) is 27.7 Å². The number of benzene rings is 4. The highest BCUT2D eigenvalue weighted by Gasteiger charge is 2.42. The van der Waals surface area contributed by atoms with Crippen molar-refractivity contribution in [2.75, 3.05) is 13.2 Å². The number of hydrogen-bond donors (Lipinski definition) is 0. The third-order valence-corrected chi connectivity index (χ3v) is 7.27. The van der Waals surface area contributed by atoms with Crippen LogP contribution in [0, 0.1) is 40.8 Å². The molecule has 0 spiro atoms. The summed E-state index contributed by atoms with van der Waals surface area (Å²) in [5.74, 6) is -8.97. The first-order valence-electron chi connectivity index (χ1n) is 13.9. The fourth-order valence-corrected chi connectivity index (χ4v) is 4.96. The molecule has 0 unspecified atom stereocenters. The van der Waals surface area contributed by atoms with E-state index in [9.17, 15) is 26.3 Å². The lowest BCUT2D eigenvalue weighted by Gasteiger charge is -2.30. The molecule has 1 heterocycles. The minimum absolute atomic E-state index is 0.0891. The Labute approximate surface area is 253 Å². The minimum Gasteiger partial charge on any atom is -0.429 e. The molecule has 1 fully saturated rings. The summed E-state index contributed by atoms with van der Waals surface area (Å²) in [6.45, 7) is 2.48. The van der Waals surface area contributed by atoms with Gasteiger partial charge in [0.2, 0.25) is 0 Å². The maximum Gasteiger partial charge on any atom is 0.432 e. The number of hydrogen-bond acceptors (Lipinski definition) is 3. The van der Waals surface area contributed by atoms with Gasteiger partial charge < -0.3 is 14.2 Å². The molecule has 0 aromatic heterocycles.